The van der Waals surface area contributed by atoms with Gasteiger partial charge in [0.1, 0.15) is 11.5 Å². The van der Waals surface area contributed by atoms with Gasteiger partial charge in [-0.3, -0.25) is 14.9 Å². The molecule has 1 heterocycles. The van der Waals surface area contributed by atoms with E-state index in [1.54, 1.807) is 12.1 Å². The van der Waals surface area contributed by atoms with Gasteiger partial charge in [0.15, 0.2) is 12.6 Å². The molecule has 0 fully saturated rings. The molecule has 2 aromatic rings. The van der Waals surface area contributed by atoms with Gasteiger partial charge in [0, 0.05) is 28.3 Å². The summed E-state index contributed by atoms with van der Waals surface area (Å²) in [7, 11) is 0. The quantitative estimate of drug-likeness (QED) is 0.385. The summed E-state index contributed by atoms with van der Waals surface area (Å²) in [4.78, 5) is 22.5. The summed E-state index contributed by atoms with van der Waals surface area (Å²) in [5.74, 6) is -0.358. The van der Waals surface area contributed by atoms with E-state index in [2.05, 4.69) is 0 Å². The number of carbonyl (C=O) groups is 1. The van der Waals surface area contributed by atoms with Crippen LogP contribution in [-0.2, 0) is 11.3 Å². The number of benzene rings is 2. The van der Waals surface area contributed by atoms with Gasteiger partial charge in [-0.2, -0.15) is 0 Å². The van der Waals surface area contributed by atoms with E-state index in [1.165, 1.54) is 12.2 Å². The van der Waals surface area contributed by atoms with Crippen molar-refractivity contribution in [2.45, 2.75) is 6.61 Å². The maximum absolute atomic E-state index is 12.3. The minimum Gasteiger partial charge on any atom is -0.507 e. The second kappa shape index (κ2) is 6.92. The first kappa shape index (κ1) is 16.9. The van der Waals surface area contributed by atoms with Crippen LogP contribution in [0, 0.1) is 10.1 Å². The number of hydrogen-bond donors (Lipinski definition) is 1. The lowest BCUT2D eigenvalue weighted by Gasteiger charge is -2.19. The molecule has 0 saturated heterocycles. The average molecular weight is 362 g/mol. The van der Waals surface area contributed by atoms with E-state index < -0.39 is 10.7 Å². The summed E-state index contributed by atoms with van der Waals surface area (Å²) < 4.78 is 10.6. The second-order valence-corrected chi connectivity index (χ2v) is 5.69. The zero-order valence-corrected chi connectivity index (χ0v) is 13.5. The lowest BCUT2D eigenvalue weighted by Crippen LogP contribution is -2.12. The second-order valence-electron chi connectivity index (χ2n) is 5.25. The van der Waals surface area contributed by atoms with Gasteiger partial charge in [0.05, 0.1) is 17.1 Å². The molecule has 7 nitrogen and oxygen atoms in total. The first-order chi connectivity index (χ1) is 12.0. The fourth-order valence-corrected chi connectivity index (χ4v) is 2.67. The Morgan fingerprint density at radius 1 is 1.32 bits per heavy atom. The van der Waals surface area contributed by atoms with E-state index >= 15 is 0 Å². The molecule has 0 bridgehead atoms. The van der Waals surface area contributed by atoms with Gasteiger partial charge in [-0.15, -0.1) is 0 Å². The van der Waals surface area contributed by atoms with Crippen molar-refractivity contribution in [1.82, 2.24) is 0 Å². The van der Waals surface area contributed by atoms with Crippen LogP contribution in [0.15, 0.2) is 36.4 Å². The fourth-order valence-electron chi connectivity index (χ4n) is 2.42. The van der Waals surface area contributed by atoms with Crippen molar-refractivity contribution in [3.63, 3.8) is 0 Å². The topological polar surface area (TPSA) is 98.9 Å². The number of halogens is 1. The molecule has 0 aromatic heterocycles. The molecule has 1 aliphatic rings. The monoisotopic (exact) mass is 361 g/mol. The molecule has 8 heteroatoms. The summed E-state index contributed by atoms with van der Waals surface area (Å²) in [5.41, 5.74) is 0.883. The number of fused-ring (bicyclic) bond motifs is 1. The van der Waals surface area contributed by atoms with Crippen LogP contribution in [0.25, 0.3) is 6.08 Å². The van der Waals surface area contributed by atoms with Gasteiger partial charge in [-0.1, -0.05) is 11.6 Å². The van der Waals surface area contributed by atoms with Crippen LogP contribution in [0.1, 0.15) is 21.5 Å². The summed E-state index contributed by atoms with van der Waals surface area (Å²) in [5, 5.41) is 21.1. The number of nitro benzene ring substituents is 1. The number of rotatable bonds is 4. The van der Waals surface area contributed by atoms with E-state index in [1.807, 2.05) is 0 Å². The molecule has 3 rings (SSSR count). The van der Waals surface area contributed by atoms with Crippen LogP contribution >= 0.6 is 11.6 Å². The van der Waals surface area contributed by atoms with E-state index in [9.17, 15) is 20.0 Å². The van der Waals surface area contributed by atoms with Crippen molar-refractivity contribution in [3.05, 3.63) is 68.2 Å². The fraction of sp³-hybridized carbons (Fsp3) is 0.118. The van der Waals surface area contributed by atoms with Gasteiger partial charge < -0.3 is 14.6 Å². The number of phenols is 1. The van der Waals surface area contributed by atoms with Gasteiger partial charge in [-0.25, -0.2) is 0 Å². The first-order valence-corrected chi connectivity index (χ1v) is 7.56. The maximum Gasteiger partial charge on any atom is 0.270 e. The Bertz CT molecular complexity index is 893. The number of nitro groups is 1. The molecule has 0 radical (unpaired) electrons. The molecule has 0 aliphatic carbocycles. The van der Waals surface area contributed by atoms with Gasteiger partial charge in [0.25, 0.3) is 5.69 Å². The number of ketones is 1. The predicted molar refractivity (Wildman–Crippen MR) is 89.9 cm³/mol. The van der Waals surface area contributed by atoms with Crippen LogP contribution in [0.2, 0.25) is 5.02 Å². The molecular formula is C17H12ClNO6. The third kappa shape index (κ3) is 3.62. The Hall–Kier alpha value is -2.90. The van der Waals surface area contributed by atoms with Crippen molar-refractivity contribution in [3.8, 4) is 11.5 Å². The Labute approximate surface area is 147 Å². The molecule has 0 saturated carbocycles. The third-order valence-corrected chi connectivity index (χ3v) is 3.79. The normalized spacial score (nSPS) is 13.3. The Balaban J connectivity index is 1.93. The minimum atomic E-state index is -0.638. The smallest absolute Gasteiger partial charge is 0.270 e. The first-order valence-electron chi connectivity index (χ1n) is 7.18. The predicted octanol–water partition coefficient (Wildman–Crippen LogP) is 3.72. The molecule has 1 N–H and O–H groups in total. The Morgan fingerprint density at radius 2 is 2.12 bits per heavy atom. The van der Waals surface area contributed by atoms with Gasteiger partial charge >= 0.3 is 0 Å². The number of allylic oxidation sites excluding steroid dienone is 1. The van der Waals surface area contributed by atoms with Crippen molar-refractivity contribution < 1.29 is 24.3 Å². The number of nitrogens with zero attached hydrogens (tertiary/aromatic N) is 1. The van der Waals surface area contributed by atoms with E-state index in [0.29, 0.717) is 22.9 Å². The highest BCUT2D eigenvalue weighted by Gasteiger charge is 2.17. The zero-order valence-electron chi connectivity index (χ0n) is 12.8. The highest BCUT2D eigenvalue weighted by molar-refractivity contribution is 6.30. The molecule has 1 aliphatic heterocycles. The Kier molecular flexibility index (Phi) is 4.69. The van der Waals surface area contributed by atoms with Crippen molar-refractivity contribution in [1.29, 1.82) is 0 Å². The lowest BCUT2D eigenvalue weighted by atomic mass is 10.0. The van der Waals surface area contributed by atoms with Crippen LogP contribution in [-0.4, -0.2) is 22.6 Å². The van der Waals surface area contributed by atoms with Crippen LogP contribution in [0.5, 0.6) is 11.5 Å². The van der Waals surface area contributed by atoms with Crippen LogP contribution in [0.4, 0.5) is 5.69 Å². The van der Waals surface area contributed by atoms with Gasteiger partial charge in [-0.05, 0) is 30.4 Å². The molecule has 25 heavy (non-hydrogen) atoms. The van der Waals surface area contributed by atoms with Crippen molar-refractivity contribution in [2.24, 2.45) is 0 Å². The van der Waals surface area contributed by atoms with Crippen LogP contribution in [0.3, 0.4) is 0 Å². The average Bonchev–Trinajstić information content (AvgIpc) is 2.59. The standard InChI is InChI=1S/C17H12ClNO6/c18-12-5-10(17-11(6-12)8-24-9-25-17)1-3-15(20)14-7-13(19(22)23)2-4-16(14)21/h1-7,21H,8-9H2. The van der Waals surface area contributed by atoms with Gasteiger partial charge in [0.2, 0.25) is 0 Å². The number of ether oxygens (including phenoxy) is 2. The zero-order chi connectivity index (χ0) is 18.0. The molecule has 0 atom stereocenters. The van der Waals surface area contributed by atoms with E-state index in [4.69, 9.17) is 21.1 Å². The summed E-state index contributed by atoms with van der Waals surface area (Å²) >= 11 is 6.05. The molecule has 0 unspecified atom stereocenters. The summed E-state index contributed by atoms with van der Waals surface area (Å²) in [6.07, 6.45) is 2.68. The van der Waals surface area contributed by atoms with Crippen molar-refractivity contribution >= 4 is 29.1 Å². The highest BCUT2D eigenvalue weighted by Crippen LogP contribution is 2.33. The number of non-ortho nitro benzene ring substituents is 1. The lowest BCUT2D eigenvalue weighted by molar-refractivity contribution is -0.384. The number of carbonyl (C=O) groups excluding carboxylic acids is 1. The summed E-state index contributed by atoms with van der Waals surface area (Å²) in [6.45, 7) is 0.436. The molecule has 0 spiro atoms. The molecule has 2 aromatic carbocycles. The number of aromatic hydroxyl groups is 1. The largest absolute Gasteiger partial charge is 0.507 e. The molecular weight excluding hydrogens is 350 g/mol. The number of hydrogen-bond acceptors (Lipinski definition) is 6. The summed E-state index contributed by atoms with van der Waals surface area (Å²) in [6, 6.07) is 6.60. The molecule has 128 valence electrons. The highest BCUT2D eigenvalue weighted by atomic mass is 35.5. The van der Waals surface area contributed by atoms with E-state index in [0.717, 1.165) is 23.8 Å². The maximum atomic E-state index is 12.3. The Morgan fingerprint density at radius 3 is 2.88 bits per heavy atom. The minimum absolute atomic E-state index is 0.0923. The number of phenolic OH excluding ortho intramolecular Hbond substituents is 1. The third-order valence-electron chi connectivity index (χ3n) is 3.57. The van der Waals surface area contributed by atoms with Crippen LogP contribution < -0.4 is 4.74 Å². The SMILES string of the molecule is O=C(C=Cc1cc(Cl)cc2c1OCOC2)c1cc([N+](=O)[O-])ccc1O. The van der Waals surface area contributed by atoms with E-state index in [-0.39, 0.29) is 23.8 Å². The molecule has 0 amide bonds. The van der Waals surface area contributed by atoms with Crippen molar-refractivity contribution in [2.75, 3.05) is 6.79 Å².